The molecule has 0 saturated carbocycles. The van der Waals surface area contributed by atoms with Crippen LogP contribution in [0.5, 0.6) is 0 Å². The Morgan fingerprint density at radius 1 is 1.26 bits per heavy atom. The van der Waals surface area contributed by atoms with Gasteiger partial charge in [0.15, 0.2) is 0 Å². The van der Waals surface area contributed by atoms with Gasteiger partial charge in [-0.2, -0.15) is 9.29 Å². The van der Waals surface area contributed by atoms with Gasteiger partial charge in [0.2, 0.25) is 21.7 Å². The molecule has 1 aromatic carbocycles. The zero-order chi connectivity index (χ0) is 21.8. The van der Waals surface area contributed by atoms with Crippen molar-refractivity contribution in [2.24, 2.45) is 5.92 Å². The lowest BCUT2D eigenvalue weighted by atomic mass is 9.96. The van der Waals surface area contributed by atoms with Gasteiger partial charge in [-0.3, -0.25) is 4.98 Å². The number of carbonyl (C=O) groups is 1. The lowest BCUT2D eigenvalue weighted by Crippen LogP contribution is -2.40. The van der Waals surface area contributed by atoms with E-state index in [4.69, 9.17) is 4.52 Å². The maximum atomic E-state index is 13.1. The Morgan fingerprint density at radius 2 is 2.06 bits per heavy atom. The molecule has 31 heavy (non-hydrogen) atoms. The van der Waals surface area contributed by atoms with Crippen LogP contribution in [0, 0.1) is 5.92 Å². The second-order valence-electron chi connectivity index (χ2n) is 7.19. The van der Waals surface area contributed by atoms with Crippen LogP contribution < -0.4 is 0 Å². The Kier molecular flexibility index (Phi) is 6.05. The molecule has 4 rings (SSSR count). The average Bonchev–Trinajstić information content (AvgIpc) is 3.28. The number of hydrogen-bond donors (Lipinski definition) is 0. The first-order valence-corrected chi connectivity index (χ1v) is 11.2. The molecule has 10 nitrogen and oxygen atoms in total. The van der Waals surface area contributed by atoms with E-state index in [1.54, 1.807) is 18.6 Å². The molecule has 0 aliphatic carbocycles. The number of piperidine rings is 1. The zero-order valence-electron chi connectivity index (χ0n) is 16.8. The Labute approximate surface area is 179 Å². The number of rotatable bonds is 6. The van der Waals surface area contributed by atoms with Crippen LogP contribution in [0.4, 0.5) is 0 Å². The summed E-state index contributed by atoms with van der Waals surface area (Å²) in [7, 11) is -2.40. The van der Waals surface area contributed by atoms with Crippen molar-refractivity contribution < 1.29 is 22.5 Å². The Hall–Kier alpha value is -3.18. The lowest BCUT2D eigenvalue weighted by molar-refractivity contribution is 0.0600. The molecule has 2 aromatic heterocycles. The van der Waals surface area contributed by atoms with Crippen molar-refractivity contribution in [3.63, 3.8) is 0 Å². The minimum Gasteiger partial charge on any atom is -0.465 e. The molecular weight excluding hydrogens is 422 g/mol. The predicted molar refractivity (Wildman–Crippen MR) is 108 cm³/mol. The van der Waals surface area contributed by atoms with Gasteiger partial charge >= 0.3 is 5.97 Å². The van der Waals surface area contributed by atoms with E-state index in [1.807, 2.05) is 0 Å². The first kappa shape index (κ1) is 21.1. The molecule has 1 aliphatic heterocycles. The lowest BCUT2D eigenvalue weighted by Gasteiger charge is -2.31. The van der Waals surface area contributed by atoms with Crippen LogP contribution >= 0.6 is 0 Å². The number of methoxy groups -OCH3 is 1. The van der Waals surface area contributed by atoms with Gasteiger partial charge in [0, 0.05) is 31.9 Å². The highest BCUT2D eigenvalue weighted by Crippen LogP contribution is 2.26. The second-order valence-corrected chi connectivity index (χ2v) is 9.13. The third-order valence-electron chi connectivity index (χ3n) is 5.12. The molecule has 1 unspecified atom stereocenters. The van der Waals surface area contributed by atoms with Gasteiger partial charge in [-0.15, -0.1) is 0 Å². The topological polar surface area (TPSA) is 128 Å². The van der Waals surface area contributed by atoms with Gasteiger partial charge in [-0.25, -0.2) is 18.2 Å². The van der Waals surface area contributed by atoms with E-state index < -0.39 is 16.0 Å². The maximum absolute atomic E-state index is 13.1. The van der Waals surface area contributed by atoms with Gasteiger partial charge in [-0.1, -0.05) is 5.16 Å². The van der Waals surface area contributed by atoms with E-state index in [0.717, 1.165) is 12.8 Å². The Morgan fingerprint density at radius 3 is 2.77 bits per heavy atom. The number of esters is 1. The van der Waals surface area contributed by atoms with Crippen molar-refractivity contribution in [3.05, 3.63) is 54.3 Å². The number of ether oxygens (including phenoxy) is 1. The van der Waals surface area contributed by atoms with Crippen molar-refractivity contribution in [1.29, 1.82) is 0 Å². The van der Waals surface area contributed by atoms with Gasteiger partial charge in [-0.05, 0) is 43.0 Å². The van der Waals surface area contributed by atoms with Crippen LogP contribution in [0.1, 0.15) is 29.1 Å². The fourth-order valence-corrected chi connectivity index (χ4v) is 5.10. The van der Waals surface area contributed by atoms with Crippen molar-refractivity contribution in [2.45, 2.75) is 24.2 Å². The molecule has 0 spiro atoms. The molecular formula is C20H21N5O5S. The number of nitrogens with zero attached hydrogens (tertiary/aromatic N) is 5. The molecule has 11 heteroatoms. The summed E-state index contributed by atoms with van der Waals surface area (Å²) in [6.45, 7) is 0.788. The summed E-state index contributed by atoms with van der Waals surface area (Å²) < 4.78 is 37.6. The number of sulfonamides is 1. The van der Waals surface area contributed by atoms with Crippen molar-refractivity contribution in [3.8, 4) is 11.5 Å². The standard InChI is InChI=1S/C20H21N5O5S/c1-29-20(26)15-4-6-16(7-5-15)31(27,28)25-10-2-3-14(13-25)11-18-23-19(24-30-18)17-12-21-8-9-22-17/h4-9,12,14H,2-3,10-11,13H2,1H3. The summed E-state index contributed by atoms with van der Waals surface area (Å²) in [5.74, 6) is 0.330. The second kappa shape index (κ2) is 8.90. The largest absolute Gasteiger partial charge is 0.465 e. The van der Waals surface area contributed by atoms with Crippen LogP contribution in [0.15, 0.2) is 52.3 Å². The predicted octanol–water partition coefficient (Wildman–Crippen LogP) is 1.96. The molecule has 1 atom stereocenters. The molecule has 162 valence electrons. The van der Waals surface area contributed by atoms with E-state index in [0.29, 0.717) is 42.5 Å². The molecule has 1 aliphatic rings. The first-order valence-electron chi connectivity index (χ1n) is 9.75. The van der Waals surface area contributed by atoms with Crippen molar-refractivity contribution in [2.75, 3.05) is 20.2 Å². The number of aromatic nitrogens is 4. The first-order chi connectivity index (χ1) is 15.0. The fraction of sp³-hybridized carbons (Fsp3) is 0.350. The van der Waals surface area contributed by atoms with E-state index in [9.17, 15) is 13.2 Å². The van der Waals surface area contributed by atoms with Gasteiger partial charge < -0.3 is 9.26 Å². The molecule has 1 fully saturated rings. The minimum atomic E-state index is -3.68. The summed E-state index contributed by atoms with van der Waals surface area (Å²) in [5, 5.41) is 3.94. The van der Waals surface area contributed by atoms with Crippen molar-refractivity contribution in [1.82, 2.24) is 24.4 Å². The zero-order valence-corrected chi connectivity index (χ0v) is 17.7. The van der Waals surface area contributed by atoms with Gasteiger partial charge in [0.25, 0.3) is 0 Å². The smallest absolute Gasteiger partial charge is 0.337 e. The Bertz CT molecular complexity index is 1150. The highest BCUT2D eigenvalue weighted by Gasteiger charge is 2.31. The Balaban J connectivity index is 1.44. The molecule has 0 N–H and O–H groups in total. The van der Waals surface area contributed by atoms with Crippen LogP contribution in [0.2, 0.25) is 0 Å². The van der Waals surface area contributed by atoms with Crippen molar-refractivity contribution >= 4 is 16.0 Å². The van der Waals surface area contributed by atoms with Crippen LogP contribution in [0.3, 0.4) is 0 Å². The van der Waals surface area contributed by atoms with Gasteiger partial charge in [0.05, 0.1) is 23.8 Å². The number of benzene rings is 1. The summed E-state index contributed by atoms with van der Waals surface area (Å²) in [5.41, 5.74) is 0.814. The normalized spacial score (nSPS) is 17.4. The van der Waals surface area contributed by atoms with E-state index in [2.05, 4.69) is 24.8 Å². The van der Waals surface area contributed by atoms with Crippen LogP contribution in [0.25, 0.3) is 11.5 Å². The fourth-order valence-electron chi connectivity index (χ4n) is 3.55. The van der Waals surface area contributed by atoms with Gasteiger partial charge in [0.1, 0.15) is 5.69 Å². The molecule has 1 saturated heterocycles. The van der Waals surface area contributed by atoms with E-state index >= 15 is 0 Å². The van der Waals surface area contributed by atoms with Crippen LogP contribution in [-0.2, 0) is 21.2 Å². The number of hydrogen-bond acceptors (Lipinski definition) is 9. The monoisotopic (exact) mass is 443 g/mol. The third-order valence-corrected chi connectivity index (χ3v) is 7.00. The van der Waals surface area contributed by atoms with E-state index in [1.165, 1.54) is 35.7 Å². The highest BCUT2D eigenvalue weighted by atomic mass is 32.2. The quantitative estimate of drug-likeness (QED) is 0.525. The molecule has 3 aromatic rings. The summed E-state index contributed by atoms with van der Waals surface area (Å²) in [6.07, 6.45) is 6.72. The summed E-state index contributed by atoms with van der Waals surface area (Å²) in [4.78, 5) is 24.2. The minimum absolute atomic E-state index is 0.0491. The molecule has 3 heterocycles. The number of carbonyl (C=O) groups excluding carboxylic acids is 1. The summed E-state index contributed by atoms with van der Waals surface area (Å²) >= 11 is 0. The average molecular weight is 443 g/mol. The maximum Gasteiger partial charge on any atom is 0.337 e. The summed E-state index contributed by atoms with van der Waals surface area (Å²) in [6, 6.07) is 5.76. The molecule has 0 bridgehead atoms. The third kappa shape index (κ3) is 4.62. The highest BCUT2D eigenvalue weighted by molar-refractivity contribution is 7.89. The van der Waals surface area contributed by atoms with Crippen LogP contribution in [-0.4, -0.2) is 59.0 Å². The SMILES string of the molecule is COC(=O)c1ccc(S(=O)(=O)N2CCCC(Cc3nc(-c4cnccn4)no3)C2)cc1. The molecule has 0 radical (unpaired) electrons. The molecule has 0 amide bonds. The van der Waals surface area contributed by atoms with E-state index in [-0.39, 0.29) is 10.8 Å².